The topological polar surface area (TPSA) is 50.9 Å². The van der Waals surface area contributed by atoms with Crippen LogP contribution in [0.1, 0.15) is 0 Å². The minimum Gasteiger partial charge on any atom is -0.398 e. The van der Waals surface area contributed by atoms with Gasteiger partial charge in [0.05, 0.1) is 5.69 Å². The number of para-hydroxylation sites is 1. The minimum absolute atomic E-state index is 0.749. The van der Waals surface area contributed by atoms with Gasteiger partial charge >= 0.3 is 0 Å². The van der Waals surface area contributed by atoms with Gasteiger partial charge in [0.2, 0.25) is 0 Å². The molecule has 5 heteroatoms. The number of nitrogens with one attached hydrogen (secondary N) is 1. The number of nitrogens with zero attached hydrogens (tertiary/aromatic N) is 1. The Bertz CT molecular complexity index is 767. The molecule has 0 amide bonds. The maximum atomic E-state index is 6.00. The van der Waals surface area contributed by atoms with Crippen molar-refractivity contribution in [2.24, 2.45) is 0 Å². The Kier molecular flexibility index (Phi) is 3.63. The van der Waals surface area contributed by atoms with Gasteiger partial charge in [0.25, 0.3) is 0 Å². The highest BCUT2D eigenvalue weighted by Crippen LogP contribution is 2.36. The molecule has 0 aliphatic rings. The molecule has 20 heavy (non-hydrogen) atoms. The van der Waals surface area contributed by atoms with E-state index in [1.54, 1.807) is 6.20 Å². The summed E-state index contributed by atoms with van der Waals surface area (Å²) in [5.74, 6) is 0. The molecule has 100 valence electrons. The molecule has 0 aliphatic carbocycles. The van der Waals surface area contributed by atoms with Crippen molar-refractivity contribution in [3.8, 4) is 0 Å². The van der Waals surface area contributed by atoms with Crippen LogP contribution in [0.2, 0.25) is 0 Å². The van der Waals surface area contributed by atoms with Crippen LogP contribution in [0.15, 0.2) is 57.7 Å². The largest absolute Gasteiger partial charge is 0.398 e. The molecule has 2 aromatic carbocycles. The molecular weight excluding hydrogens is 382 g/mol. The average Bonchev–Trinajstić information content (AvgIpc) is 2.46. The quantitative estimate of drug-likeness (QED) is 0.597. The van der Waals surface area contributed by atoms with Gasteiger partial charge in [0.1, 0.15) is 0 Å². The second-order valence-corrected chi connectivity index (χ2v) is 6.05. The van der Waals surface area contributed by atoms with Crippen LogP contribution >= 0.6 is 31.9 Å². The van der Waals surface area contributed by atoms with Crippen LogP contribution in [0, 0.1) is 0 Å². The number of benzene rings is 2. The van der Waals surface area contributed by atoms with Crippen LogP contribution in [0.5, 0.6) is 0 Å². The molecule has 0 spiro atoms. The first kappa shape index (κ1) is 13.4. The van der Waals surface area contributed by atoms with E-state index in [4.69, 9.17) is 5.73 Å². The molecule has 0 fully saturated rings. The van der Waals surface area contributed by atoms with Crippen LogP contribution in [-0.4, -0.2) is 4.98 Å². The number of nitrogen functional groups attached to an aromatic ring is 1. The van der Waals surface area contributed by atoms with E-state index in [1.807, 2.05) is 42.6 Å². The van der Waals surface area contributed by atoms with Gasteiger partial charge in [-0.05, 0) is 62.2 Å². The summed E-state index contributed by atoms with van der Waals surface area (Å²) in [6, 6.07) is 11.7. The predicted octanol–water partition coefficient (Wildman–Crippen LogP) is 5.09. The third-order valence-electron chi connectivity index (χ3n) is 3.07. The standard InChI is InChI=1S/C15H11Br2N3/c16-11-2-1-3-12(17)15(11)20-14-5-4-13(18)9-6-7-19-8-10(9)14/h1-8,20H,18H2. The van der Waals surface area contributed by atoms with Gasteiger partial charge in [-0.15, -0.1) is 0 Å². The van der Waals surface area contributed by atoms with Crippen LogP contribution < -0.4 is 11.1 Å². The zero-order valence-corrected chi connectivity index (χ0v) is 13.6. The zero-order valence-electron chi connectivity index (χ0n) is 10.4. The molecule has 3 rings (SSSR count). The first-order valence-electron chi connectivity index (χ1n) is 6.00. The lowest BCUT2D eigenvalue weighted by Crippen LogP contribution is -1.96. The molecule has 0 atom stereocenters. The van der Waals surface area contributed by atoms with Gasteiger partial charge in [-0.2, -0.15) is 0 Å². The predicted molar refractivity (Wildman–Crippen MR) is 91.3 cm³/mol. The maximum Gasteiger partial charge on any atom is 0.0673 e. The van der Waals surface area contributed by atoms with Gasteiger partial charge in [-0.3, -0.25) is 4.98 Å². The molecular formula is C15H11Br2N3. The fraction of sp³-hybridized carbons (Fsp3) is 0. The van der Waals surface area contributed by atoms with Gasteiger partial charge in [-0.25, -0.2) is 0 Å². The highest BCUT2D eigenvalue weighted by molar-refractivity contribution is 9.11. The number of rotatable bonds is 2. The SMILES string of the molecule is Nc1ccc(Nc2c(Br)cccc2Br)c2cnccc12. The summed E-state index contributed by atoms with van der Waals surface area (Å²) in [6.07, 6.45) is 3.57. The van der Waals surface area contributed by atoms with Gasteiger partial charge in [0.15, 0.2) is 0 Å². The minimum atomic E-state index is 0.749. The lowest BCUT2D eigenvalue weighted by molar-refractivity contribution is 1.36. The Morgan fingerprint density at radius 3 is 2.45 bits per heavy atom. The maximum absolute atomic E-state index is 6.00. The molecule has 1 aromatic heterocycles. The van der Waals surface area contributed by atoms with Crippen LogP contribution in [0.3, 0.4) is 0 Å². The summed E-state index contributed by atoms with van der Waals surface area (Å²) in [7, 11) is 0. The van der Waals surface area contributed by atoms with E-state index in [9.17, 15) is 0 Å². The Balaban J connectivity index is 2.14. The number of hydrogen-bond donors (Lipinski definition) is 2. The lowest BCUT2D eigenvalue weighted by Gasteiger charge is -2.13. The van der Waals surface area contributed by atoms with Crippen molar-refractivity contribution in [1.29, 1.82) is 0 Å². The highest BCUT2D eigenvalue weighted by Gasteiger charge is 2.08. The summed E-state index contributed by atoms with van der Waals surface area (Å²) in [5.41, 5.74) is 8.70. The van der Waals surface area contributed by atoms with Crippen molar-refractivity contribution in [2.75, 3.05) is 11.1 Å². The van der Waals surface area contributed by atoms with Gasteiger partial charge < -0.3 is 11.1 Å². The van der Waals surface area contributed by atoms with Crippen molar-refractivity contribution in [2.45, 2.75) is 0 Å². The highest BCUT2D eigenvalue weighted by atomic mass is 79.9. The third-order valence-corrected chi connectivity index (χ3v) is 4.40. The molecule has 3 aromatic rings. The normalized spacial score (nSPS) is 10.7. The van der Waals surface area contributed by atoms with Crippen molar-refractivity contribution >= 4 is 59.7 Å². The smallest absolute Gasteiger partial charge is 0.0673 e. The van der Waals surface area contributed by atoms with E-state index in [0.717, 1.165) is 36.8 Å². The van der Waals surface area contributed by atoms with E-state index in [-0.39, 0.29) is 0 Å². The van der Waals surface area contributed by atoms with Crippen molar-refractivity contribution < 1.29 is 0 Å². The number of hydrogen-bond acceptors (Lipinski definition) is 3. The average molecular weight is 393 g/mol. The van der Waals surface area contributed by atoms with Crippen molar-refractivity contribution in [1.82, 2.24) is 4.98 Å². The monoisotopic (exact) mass is 391 g/mol. The van der Waals surface area contributed by atoms with Gasteiger partial charge in [0, 0.05) is 43.5 Å². The van der Waals surface area contributed by atoms with Crippen molar-refractivity contribution in [3.05, 3.63) is 57.7 Å². The number of anilines is 3. The molecule has 1 heterocycles. The summed E-state index contributed by atoms with van der Waals surface area (Å²) >= 11 is 7.10. The summed E-state index contributed by atoms with van der Waals surface area (Å²) < 4.78 is 1.97. The number of pyridine rings is 1. The second-order valence-electron chi connectivity index (χ2n) is 4.35. The molecule has 0 saturated heterocycles. The molecule has 3 nitrogen and oxygen atoms in total. The van der Waals surface area contributed by atoms with Gasteiger partial charge in [-0.1, -0.05) is 6.07 Å². The Morgan fingerprint density at radius 1 is 0.950 bits per heavy atom. The number of halogens is 2. The van der Waals surface area contributed by atoms with E-state index in [2.05, 4.69) is 42.2 Å². The molecule has 0 bridgehead atoms. The Labute approximate surface area is 133 Å². The fourth-order valence-electron chi connectivity index (χ4n) is 2.07. The van der Waals surface area contributed by atoms with Crippen molar-refractivity contribution in [3.63, 3.8) is 0 Å². The molecule has 0 saturated carbocycles. The molecule has 0 radical (unpaired) electrons. The Hall–Kier alpha value is -1.59. The molecule has 3 N–H and O–H groups in total. The third kappa shape index (κ3) is 2.39. The van der Waals surface area contributed by atoms with E-state index in [0.29, 0.717) is 0 Å². The van der Waals surface area contributed by atoms with E-state index >= 15 is 0 Å². The van der Waals surface area contributed by atoms with E-state index < -0.39 is 0 Å². The fourth-order valence-corrected chi connectivity index (χ4v) is 3.27. The number of aromatic nitrogens is 1. The summed E-state index contributed by atoms with van der Waals surface area (Å²) in [4.78, 5) is 4.18. The van der Waals surface area contributed by atoms with E-state index in [1.165, 1.54) is 0 Å². The van der Waals surface area contributed by atoms with Crippen LogP contribution in [-0.2, 0) is 0 Å². The summed E-state index contributed by atoms with van der Waals surface area (Å²) in [5, 5.41) is 5.41. The lowest BCUT2D eigenvalue weighted by atomic mass is 10.1. The summed E-state index contributed by atoms with van der Waals surface area (Å²) in [6.45, 7) is 0. The second kappa shape index (κ2) is 5.42. The molecule has 0 unspecified atom stereocenters. The first-order valence-corrected chi connectivity index (χ1v) is 7.58. The first-order chi connectivity index (χ1) is 9.66. The van der Waals surface area contributed by atoms with Crippen LogP contribution in [0.4, 0.5) is 17.1 Å². The molecule has 0 aliphatic heterocycles. The Morgan fingerprint density at radius 2 is 1.70 bits per heavy atom. The number of nitrogens with two attached hydrogens (primary N) is 1. The zero-order chi connectivity index (χ0) is 14.1. The number of fused-ring (bicyclic) bond motifs is 1. The van der Waals surface area contributed by atoms with Crippen LogP contribution in [0.25, 0.3) is 10.8 Å².